The van der Waals surface area contributed by atoms with E-state index in [2.05, 4.69) is 4.98 Å². The maximum Gasteiger partial charge on any atom is 0.270 e. The van der Waals surface area contributed by atoms with Gasteiger partial charge in [-0.3, -0.25) is 5.73 Å². The van der Waals surface area contributed by atoms with Gasteiger partial charge in [0.05, 0.1) is 5.56 Å². The molecule has 0 aromatic carbocycles. The lowest BCUT2D eigenvalue weighted by Crippen LogP contribution is -3.00. The summed E-state index contributed by atoms with van der Waals surface area (Å²) in [7, 11) is 0. The van der Waals surface area contributed by atoms with Crippen LogP contribution in [0.5, 0.6) is 0 Å². The zero-order chi connectivity index (χ0) is 6.69. The van der Waals surface area contributed by atoms with Crippen LogP contribution in [-0.4, -0.2) is 0 Å². The Morgan fingerprint density at radius 1 is 1.50 bits per heavy atom. The van der Waals surface area contributed by atoms with Gasteiger partial charge in [-0.15, -0.1) is 0 Å². The molecule has 4 heteroatoms. The molecule has 0 aliphatic rings. The molecule has 1 aromatic rings. The van der Waals surface area contributed by atoms with Crippen molar-refractivity contribution in [1.82, 2.24) is 0 Å². The number of anilines is 1. The van der Waals surface area contributed by atoms with Crippen molar-refractivity contribution in [3.63, 3.8) is 0 Å². The largest absolute Gasteiger partial charge is 1.00 e. The number of nitrogens with zero attached hydrogens (tertiary/aromatic N) is 1. The monoisotopic (exact) mass is 155 g/mol. The predicted molar refractivity (Wildman–Crippen MR) is 32.1 cm³/mol. The van der Waals surface area contributed by atoms with E-state index < -0.39 is 0 Å². The van der Waals surface area contributed by atoms with Gasteiger partial charge in [0.1, 0.15) is 12.3 Å². The van der Waals surface area contributed by atoms with Crippen LogP contribution in [0.25, 0.3) is 0 Å². The number of hydrogen-bond donors (Lipinski definition) is 1. The highest BCUT2D eigenvalue weighted by molar-refractivity contribution is 5.29. The number of nitrogen functional groups attached to an aromatic ring is 1. The molecule has 0 atom stereocenters. The number of hydrogen-bond acceptors (Lipinski definition) is 2. The van der Waals surface area contributed by atoms with Gasteiger partial charge in [-0.1, -0.05) is 0 Å². The number of rotatable bonds is 0. The maximum atomic E-state index is 8.32. The van der Waals surface area contributed by atoms with Crippen molar-refractivity contribution < 1.29 is 17.4 Å². The van der Waals surface area contributed by atoms with Crippen LogP contribution in [0.2, 0.25) is 0 Å². The molecule has 0 spiro atoms. The van der Waals surface area contributed by atoms with Crippen LogP contribution in [-0.2, 0) is 0 Å². The molecule has 0 saturated carbocycles. The summed E-state index contributed by atoms with van der Waals surface area (Å²) in [6.45, 7) is 0. The Kier molecular flexibility index (Phi) is 3.23. The minimum Gasteiger partial charge on any atom is -1.00 e. The van der Waals surface area contributed by atoms with Gasteiger partial charge in [0.25, 0.3) is 5.82 Å². The second kappa shape index (κ2) is 3.70. The Morgan fingerprint density at radius 2 is 2.20 bits per heavy atom. The van der Waals surface area contributed by atoms with Crippen LogP contribution in [0.3, 0.4) is 0 Å². The quantitative estimate of drug-likeness (QED) is 0.433. The van der Waals surface area contributed by atoms with E-state index >= 15 is 0 Å². The van der Waals surface area contributed by atoms with Crippen LogP contribution in [0.1, 0.15) is 5.56 Å². The van der Waals surface area contributed by atoms with Gasteiger partial charge in [0.2, 0.25) is 0 Å². The van der Waals surface area contributed by atoms with Crippen molar-refractivity contribution in [1.29, 1.82) is 5.26 Å². The third-order valence-electron chi connectivity index (χ3n) is 0.966. The molecule has 0 bridgehead atoms. The molecule has 0 radical (unpaired) electrons. The van der Waals surface area contributed by atoms with Crippen molar-refractivity contribution in [2.75, 3.05) is 5.73 Å². The average Bonchev–Trinajstić information content (AvgIpc) is 1.90. The molecule has 3 N–H and O–H groups in total. The number of halogens is 1. The van der Waals surface area contributed by atoms with Crippen LogP contribution < -0.4 is 23.1 Å². The summed E-state index contributed by atoms with van der Waals surface area (Å²) in [5.74, 6) is 0.564. The van der Waals surface area contributed by atoms with Gasteiger partial charge in [-0.2, -0.15) is 5.26 Å². The summed E-state index contributed by atoms with van der Waals surface area (Å²) in [5, 5.41) is 8.32. The van der Waals surface area contributed by atoms with E-state index in [-0.39, 0.29) is 12.4 Å². The van der Waals surface area contributed by atoms with Crippen molar-refractivity contribution in [2.45, 2.75) is 0 Å². The van der Waals surface area contributed by atoms with E-state index in [1.807, 2.05) is 6.07 Å². The molecular formula is C6H6ClN3. The minimum atomic E-state index is 0. The Labute approximate surface area is 64.9 Å². The van der Waals surface area contributed by atoms with Gasteiger partial charge in [0.15, 0.2) is 0 Å². The minimum absolute atomic E-state index is 0. The SMILES string of the molecule is N#Cc1ccc(N)[nH+]c1.[Cl-]. The number of H-pyrrole nitrogens is 1. The lowest BCUT2D eigenvalue weighted by Gasteiger charge is -1.82. The lowest BCUT2D eigenvalue weighted by molar-refractivity contribution is -0.360. The van der Waals surface area contributed by atoms with E-state index in [0.717, 1.165) is 0 Å². The lowest BCUT2D eigenvalue weighted by atomic mass is 10.3. The Morgan fingerprint density at radius 3 is 2.60 bits per heavy atom. The highest BCUT2D eigenvalue weighted by Gasteiger charge is 1.91. The summed E-state index contributed by atoms with van der Waals surface area (Å²) < 4.78 is 0. The van der Waals surface area contributed by atoms with E-state index in [1.54, 1.807) is 18.3 Å². The normalized spacial score (nSPS) is 7.50. The molecular weight excluding hydrogens is 150 g/mol. The predicted octanol–water partition coefficient (Wildman–Crippen LogP) is -3.04. The number of nitriles is 1. The first-order valence-corrected chi connectivity index (χ1v) is 2.50. The van der Waals surface area contributed by atoms with Gasteiger partial charge in [-0.25, -0.2) is 4.98 Å². The van der Waals surface area contributed by atoms with Crippen molar-refractivity contribution in [3.8, 4) is 6.07 Å². The molecule has 0 aliphatic carbocycles. The zero-order valence-corrected chi connectivity index (χ0v) is 5.89. The zero-order valence-electron chi connectivity index (χ0n) is 5.13. The number of nitrogens with one attached hydrogen (secondary N) is 1. The highest BCUT2D eigenvalue weighted by Crippen LogP contribution is 1.92. The van der Waals surface area contributed by atoms with Gasteiger partial charge >= 0.3 is 0 Å². The van der Waals surface area contributed by atoms with Crippen LogP contribution in [0.4, 0.5) is 5.82 Å². The van der Waals surface area contributed by atoms with E-state index in [4.69, 9.17) is 11.0 Å². The fourth-order valence-electron chi connectivity index (χ4n) is 0.506. The molecule has 10 heavy (non-hydrogen) atoms. The standard InChI is InChI=1S/C6H5N3.ClH/c7-3-5-1-2-6(8)9-4-5;/h1-2,4H,(H2,8,9);1H. The third kappa shape index (κ3) is 1.92. The van der Waals surface area contributed by atoms with Crippen LogP contribution in [0.15, 0.2) is 18.3 Å². The number of nitrogens with two attached hydrogens (primary N) is 1. The molecule has 1 rings (SSSR count). The fraction of sp³-hybridized carbons (Fsp3) is 0. The molecule has 0 saturated heterocycles. The second-order valence-electron chi connectivity index (χ2n) is 1.64. The second-order valence-corrected chi connectivity index (χ2v) is 1.64. The number of pyridine rings is 1. The summed E-state index contributed by atoms with van der Waals surface area (Å²) in [6.07, 6.45) is 1.56. The molecule has 52 valence electrons. The first-order valence-electron chi connectivity index (χ1n) is 2.50. The fourth-order valence-corrected chi connectivity index (χ4v) is 0.506. The first-order chi connectivity index (χ1) is 4.33. The average molecular weight is 156 g/mol. The molecule has 0 fully saturated rings. The molecule has 3 nitrogen and oxygen atoms in total. The molecule has 0 amide bonds. The van der Waals surface area contributed by atoms with Crippen molar-refractivity contribution >= 4 is 5.82 Å². The smallest absolute Gasteiger partial charge is 0.270 e. The first kappa shape index (κ1) is 8.73. The van der Waals surface area contributed by atoms with Crippen molar-refractivity contribution in [3.05, 3.63) is 23.9 Å². The number of aromatic amines is 1. The Balaban J connectivity index is 0.000000810. The maximum absolute atomic E-state index is 8.32. The molecule has 0 aliphatic heterocycles. The Hall–Kier alpha value is -1.27. The van der Waals surface area contributed by atoms with Gasteiger partial charge < -0.3 is 12.4 Å². The molecule has 0 unspecified atom stereocenters. The summed E-state index contributed by atoms with van der Waals surface area (Å²) >= 11 is 0. The van der Waals surface area contributed by atoms with E-state index in [0.29, 0.717) is 11.4 Å². The summed E-state index contributed by atoms with van der Waals surface area (Å²) in [6, 6.07) is 5.28. The Bertz CT molecular complexity index is 236. The summed E-state index contributed by atoms with van der Waals surface area (Å²) in [5.41, 5.74) is 5.90. The number of aromatic nitrogens is 1. The van der Waals surface area contributed by atoms with Gasteiger partial charge in [0, 0.05) is 6.07 Å². The molecule has 1 aromatic heterocycles. The molecule has 1 heterocycles. The summed E-state index contributed by atoms with van der Waals surface area (Å²) in [4.78, 5) is 2.71. The van der Waals surface area contributed by atoms with E-state index in [1.165, 1.54) is 0 Å². The van der Waals surface area contributed by atoms with Crippen molar-refractivity contribution in [2.24, 2.45) is 0 Å². The van der Waals surface area contributed by atoms with E-state index in [9.17, 15) is 0 Å². The van der Waals surface area contributed by atoms with Crippen LogP contribution in [0, 0.1) is 11.3 Å². The third-order valence-corrected chi connectivity index (χ3v) is 0.966. The highest BCUT2D eigenvalue weighted by atomic mass is 35.5. The van der Waals surface area contributed by atoms with Gasteiger partial charge in [-0.05, 0) is 6.07 Å². The van der Waals surface area contributed by atoms with Crippen LogP contribution >= 0.6 is 0 Å². The topological polar surface area (TPSA) is 64.0 Å².